The lowest BCUT2D eigenvalue weighted by Gasteiger charge is -2.20. The second kappa shape index (κ2) is 6.14. The van der Waals surface area contributed by atoms with Crippen molar-refractivity contribution in [1.29, 1.82) is 0 Å². The molecule has 4 nitrogen and oxygen atoms in total. The molecule has 0 amide bonds. The van der Waals surface area contributed by atoms with Gasteiger partial charge in [-0.15, -0.1) is 0 Å². The highest BCUT2D eigenvalue weighted by atomic mass is 16.1. The third-order valence-electron chi connectivity index (χ3n) is 2.82. The molecule has 1 N–H and O–H groups in total. The SMILES string of the molecule is CCCn1nc(C(C)(C)C)cc(CNCC)c1=O. The van der Waals surface area contributed by atoms with Gasteiger partial charge in [-0.1, -0.05) is 34.6 Å². The molecule has 1 aromatic heterocycles. The fraction of sp³-hybridized carbons (Fsp3) is 0.714. The Hall–Kier alpha value is -1.16. The van der Waals surface area contributed by atoms with Crippen LogP contribution in [-0.4, -0.2) is 16.3 Å². The van der Waals surface area contributed by atoms with E-state index >= 15 is 0 Å². The summed E-state index contributed by atoms with van der Waals surface area (Å²) >= 11 is 0. The first-order valence-corrected chi connectivity index (χ1v) is 6.72. The second-order valence-corrected chi connectivity index (χ2v) is 5.61. The summed E-state index contributed by atoms with van der Waals surface area (Å²) in [6.07, 6.45) is 0.918. The van der Waals surface area contributed by atoms with Gasteiger partial charge in [0.2, 0.25) is 0 Å². The molecule has 0 radical (unpaired) electrons. The van der Waals surface area contributed by atoms with Crippen LogP contribution in [0.3, 0.4) is 0 Å². The van der Waals surface area contributed by atoms with Gasteiger partial charge in [0.05, 0.1) is 5.69 Å². The molecule has 0 aliphatic heterocycles. The largest absolute Gasteiger partial charge is 0.313 e. The quantitative estimate of drug-likeness (QED) is 0.871. The zero-order valence-electron chi connectivity index (χ0n) is 12.2. The van der Waals surface area contributed by atoms with Gasteiger partial charge in [-0.2, -0.15) is 5.10 Å². The molecule has 1 heterocycles. The van der Waals surface area contributed by atoms with Gasteiger partial charge >= 0.3 is 0 Å². The Labute approximate surface area is 109 Å². The van der Waals surface area contributed by atoms with E-state index < -0.39 is 0 Å². The smallest absolute Gasteiger partial charge is 0.271 e. The van der Waals surface area contributed by atoms with E-state index in [9.17, 15) is 4.79 Å². The minimum atomic E-state index is -0.0375. The van der Waals surface area contributed by atoms with Gasteiger partial charge in [0.15, 0.2) is 0 Å². The molecule has 0 bridgehead atoms. The third-order valence-corrected chi connectivity index (χ3v) is 2.82. The van der Waals surface area contributed by atoms with Gasteiger partial charge in [-0.05, 0) is 19.0 Å². The number of nitrogens with zero attached hydrogens (tertiary/aromatic N) is 2. The number of aryl methyl sites for hydroxylation is 1. The molecule has 102 valence electrons. The molecule has 4 heteroatoms. The van der Waals surface area contributed by atoms with Crippen molar-refractivity contribution in [3.05, 3.63) is 27.7 Å². The molecule has 0 spiro atoms. The molecule has 0 fully saturated rings. The Balaban J connectivity index is 3.23. The summed E-state index contributed by atoms with van der Waals surface area (Å²) in [6, 6.07) is 1.94. The van der Waals surface area contributed by atoms with Crippen molar-refractivity contribution in [3.63, 3.8) is 0 Å². The van der Waals surface area contributed by atoms with E-state index in [0.717, 1.165) is 24.2 Å². The molecule has 0 aliphatic carbocycles. The molecule has 0 saturated carbocycles. The van der Waals surface area contributed by atoms with Crippen molar-refractivity contribution in [2.24, 2.45) is 0 Å². The first kappa shape index (κ1) is 14.9. The van der Waals surface area contributed by atoms with E-state index in [0.29, 0.717) is 13.1 Å². The maximum absolute atomic E-state index is 12.2. The van der Waals surface area contributed by atoms with Gasteiger partial charge in [-0.3, -0.25) is 4.79 Å². The van der Waals surface area contributed by atoms with Crippen LogP contribution < -0.4 is 10.9 Å². The van der Waals surface area contributed by atoms with E-state index in [1.165, 1.54) is 0 Å². The number of nitrogens with one attached hydrogen (secondary N) is 1. The molecular weight excluding hydrogens is 226 g/mol. The van der Waals surface area contributed by atoms with Crippen molar-refractivity contribution >= 4 is 0 Å². The van der Waals surface area contributed by atoms with Crippen molar-refractivity contribution in [2.75, 3.05) is 6.54 Å². The molecule has 0 aromatic carbocycles. The van der Waals surface area contributed by atoms with Crippen LogP contribution >= 0.6 is 0 Å². The summed E-state index contributed by atoms with van der Waals surface area (Å²) < 4.78 is 1.60. The Bertz CT molecular complexity index is 443. The summed E-state index contributed by atoms with van der Waals surface area (Å²) in [7, 11) is 0. The summed E-state index contributed by atoms with van der Waals surface area (Å²) in [4.78, 5) is 12.2. The monoisotopic (exact) mass is 251 g/mol. The number of rotatable bonds is 5. The first-order valence-electron chi connectivity index (χ1n) is 6.72. The topological polar surface area (TPSA) is 46.9 Å². The highest BCUT2D eigenvalue weighted by Crippen LogP contribution is 2.19. The summed E-state index contributed by atoms with van der Waals surface area (Å²) in [5, 5.41) is 7.69. The zero-order chi connectivity index (χ0) is 13.8. The van der Waals surface area contributed by atoms with Crippen LogP contribution in [0.1, 0.15) is 52.3 Å². The molecule has 0 saturated heterocycles. The normalized spacial score (nSPS) is 11.8. The van der Waals surface area contributed by atoms with Gasteiger partial charge in [0.25, 0.3) is 5.56 Å². The highest BCUT2D eigenvalue weighted by Gasteiger charge is 2.18. The minimum Gasteiger partial charge on any atom is -0.313 e. The highest BCUT2D eigenvalue weighted by molar-refractivity contribution is 5.19. The molecule has 1 rings (SSSR count). The van der Waals surface area contributed by atoms with Crippen LogP contribution in [0.4, 0.5) is 0 Å². The van der Waals surface area contributed by atoms with Crippen molar-refractivity contribution < 1.29 is 0 Å². The Morgan fingerprint density at radius 1 is 1.33 bits per heavy atom. The van der Waals surface area contributed by atoms with Gasteiger partial charge in [-0.25, -0.2) is 4.68 Å². The van der Waals surface area contributed by atoms with Crippen LogP contribution in [0.2, 0.25) is 0 Å². The average molecular weight is 251 g/mol. The Kier molecular flexibility index (Phi) is 5.08. The summed E-state index contributed by atoms with van der Waals surface area (Å²) in [5.74, 6) is 0. The summed E-state index contributed by atoms with van der Waals surface area (Å²) in [6.45, 7) is 12.6. The van der Waals surface area contributed by atoms with Gasteiger partial charge < -0.3 is 5.32 Å². The number of hydrogen-bond acceptors (Lipinski definition) is 3. The minimum absolute atomic E-state index is 0.0331. The molecule has 0 unspecified atom stereocenters. The lowest BCUT2D eigenvalue weighted by atomic mass is 9.91. The van der Waals surface area contributed by atoms with Crippen molar-refractivity contribution in [1.82, 2.24) is 15.1 Å². The van der Waals surface area contributed by atoms with E-state index in [1.54, 1.807) is 4.68 Å². The van der Waals surface area contributed by atoms with E-state index in [1.807, 2.05) is 13.0 Å². The molecule has 1 aromatic rings. The predicted molar refractivity (Wildman–Crippen MR) is 74.9 cm³/mol. The lowest BCUT2D eigenvalue weighted by molar-refractivity contribution is 0.489. The van der Waals surface area contributed by atoms with Crippen LogP contribution in [0.25, 0.3) is 0 Å². The number of aromatic nitrogens is 2. The maximum Gasteiger partial charge on any atom is 0.271 e. The van der Waals surface area contributed by atoms with Crippen LogP contribution in [-0.2, 0) is 18.5 Å². The number of hydrogen-bond donors (Lipinski definition) is 1. The lowest BCUT2D eigenvalue weighted by Crippen LogP contribution is -2.32. The summed E-state index contributed by atoms with van der Waals surface area (Å²) in [5.41, 5.74) is 1.78. The van der Waals surface area contributed by atoms with E-state index in [4.69, 9.17) is 0 Å². The molecule has 0 aliphatic rings. The fourth-order valence-corrected chi connectivity index (χ4v) is 1.71. The van der Waals surface area contributed by atoms with Gasteiger partial charge in [0, 0.05) is 24.1 Å². The van der Waals surface area contributed by atoms with E-state index in [-0.39, 0.29) is 11.0 Å². The van der Waals surface area contributed by atoms with Crippen LogP contribution in [0.15, 0.2) is 10.9 Å². The van der Waals surface area contributed by atoms with Crippen molar-refractivity contribution in [2.45, 2.75) is 59.5 Å². The molecular formula is C14H25N3O. The second-order valence-electron chi connectivity index (χ2n) is 5.61. The standard InChI is InChI=1S/C14H25N3O/c1-6-8-17-13(18)11(10-15-7-2)9-12(16-17)14(3,4)5/h9,15H,6-8,10H2,1-5H3. The predicted octanol–water partition coefficient (Wildman–Crippen LogP) is 2.06. The first-order chi connectivity index (χ1) is 8.40. The molecule has 0 atom stereocenters. The fourth-order valence-electron chi connectivity index (χ4n) is 1.71. The maximum atomic E-state index is 12.2. The van der Waals surface area contributed by atoms with Crippen LogP contribution in [0, 0.1) is 0 Å². The molecule has 18 heavy (non-hydrogen) atoms. The average Bonchev–Trinajstić information content (AvgIpc) is 2.29. The Morgan fingerprint density at radius 3 is 2.50 bits per heavy atom. The van der Waals surface area contributed by atoms with Crippen molar-refractivity contribution in [3.8, 4) is 0 Å². The van der Waals surface area contributed by atoms with Gasteiger partial charge in [0.1, 0.15) is 0 Å². The van der Waals surface area contributed by atoms with Crippen LogP contribution in [0.5, 0.6) is 0 Å². The zero-order valence-corrected chi connectivity index (χ0v) is 12.2. The Morgan fingerprint density at radius 2 is 2.00 bits per heavy atom. The van der Waals surface area contributed by atoms with E-state index in [2.05, 4.69) is 38.1 Å². The third kappa shape index (κ3) is 3.67.